The van der Waals surface area contributed by atoms with Crippen LogP contribution in [0.5, 0.6) is 0 Å². The number of aromatic amines is 1. The molecule has 23 heavy (non-hydrogen) atoms. The number of H-pyrrole nitrogens is 1. The summed E-state index contributed by atoms with van der Waals surface area (Å²) >= 11 is 1.57. The summed E-state index contributed by atoms with van der Waals surface area (Å²) in [7, 11) is 3.87. The first-order valence-electron chi connectivity index (χ1n) is 7.10. The molecular weight excluding hydrogens is 312 g/mol. The van der Waals surface area contributed by atoms with Gasteiger partial charge in [-0.2, -0.15) is 5.10 Å². The Bertz CT molecular complexity index is 831. The summed E-state index contributed by atoms with van der Waals surface area (Å²) in [6.45, 7) is 0.418. The third-order valence-electron chi connectivity index (χ3n) is 3.68. The number of carbonyl (C=O) groups is 1. The number of amides is 1. The highest BCUT2D eigenvalue weighted by Crippen LogP contribution is 2.17. The van der Waals surface area contributed by atoms with E-state index in [0.29, 0.717) is 12.2 Å². The van der Waals surface area contributed by atoms with E-state index in [0.717, 1.165) is 22.2 Å². The van der Waals surface area contributed by atoms with E-state index in [1.165, 1.54) is 0 Å². The first-order chi connectivity index (χ1) is 11.1. The first kappa shape index (κ1) is 15.4. The van der Waals surface area contributed by atoms with Crippen molar-refractivity contribution >= 4 is 17.7 Å². The van der Waals surface area contributed by atoms with E-state index < -0.39 is 0 Å². The molecule has 0 fully saturated rings. The Morgan fingerprint density at radius 1 is 1.43 bits per heavy atom. The Morgan fingerprint density at radius 2 is 2.26 bits per heavy atom. The average Bonchev–Trinajstić information content (AvgIpc) is 3.25. The molecule has 120 valence electrons. The lowest BCUT2D eigenvalue weighted by molar-refractivity contribution is 0.0945. The van der Waals surface area contributed by atoms with Crippen LogP contribution in [0.3, 0.4) is 0 Å². The summed E-state index contributed by atoms with van der Waals surface area (Å²) in [6.07, 6.45) is 5.68. The molecule has 7 nitrogen and oxygen atoms in total. The second kappa shape index (κ2) is 6.33. The van der Waals surface area contributed by atoms with E-state index >= 15 is 0 Å². The van der Waals surface area contributed by atoms with Gasteiger partial charge in [-0.25, -0.2) is 4.98 Å². The maximum absolute atomic E-state index is 12.2. The van der Waals surface area contributed by atoms with Crippen LogP contribution in [0.25, 0.3) is 11.4 Å². The highest BCUT2D eigenvalue weighted by molar-refractivity contribution is 7.98. The third kappa shape index (κ3) is 3.02. The van der Waals surface area contributed by atoms with Gasteiger partial charge in [0.1, 0.15) is 11.4 Å². The molecule has 8 heteroatoms. The van der Waals surface area contributed by atoms with Crippen molar-refractivity contribution in [1.82, 2.24) is 29.6 Å². The molecule has 0 saturated heterocycles. The van der Waals surface area contributed by atoms with Crippen molar-refractivity contribution < 1.29 is 4.79 Å². The zero-order valence-electron chi connectivity index (χ0n) is 13.2. The van der Waals surface area contributed by atoms with E-state index in [2.05, 4.69) is 20.5 Å². The van der Waals surface area contributed by atoms with E-state index in [9.17, 15) is 4.79 Å². The Morgan fingerprint density at radius 3 is 2.91 bits per heavy atom. The molecule has 0 aliphatic rings. The number of imidazole rings is 1. The first-order valence-corrected chi connectivity index (χ1v) is 8.32. The minimum Gasteiger partial charge on any atom is -0.349 e. The summed E-state index contributed by atoms with van der Waals surface area (Å²) in [5, 5.41) is 10.8. The Hall–Kier alpha value is -2.48. The van der Waals surface area contributed by atoms with Crippen molar-refractivity contribution in [2.75, 3.05) is 6.26 Å². The molecular formula is C15H18N6OS. The van der Waals surface area contributed by atoms with Gasteiger partial charge in [-0.05, 0) is 24.5 Å². The third-order valence-corrected chi connectivity index (χ3v) is 4.43. The molecule has 3 rings (SSSR count). The van der Waals surface area contributed by atoms with Gasteiger partial charge in [0.25, 0.3) is 5.91 Å². The van der Waals surface area contributed by atoms with Gasteiger partial charge < -0.3 is 14.5 Å². The van der Waals surface area contributed by atoms with Gasteiger partial charge in [0.05, 0.1) is 24.1 Å². The molecule has 0 radical (unpaired) electrons. The predicted molar refractivity (Wildman–Crippen MR) is 89.2 cm³/mol. The predicted octanol–water partition coefficient (Wildman–Crippen LogP) is 1.80. The van der Waals surface area contributed by atoms with Crippen LogP contribution >= 0.6 is 11.8 Å². The van der Waals surface area contributed by atoms with Crippen LogP contribution in [0.4, 0.5) is 0 Å². The van der Waals surface area contributed by atoms with Crippen LogP contribution in [-0.2, 0) is 20.6 Å². The van der Waals surface area contributed by atoms with Gasteiger partial charge in [-0.1, -0.05) is 11.8 Å². The number of aryl methyl sites for hydroxylation is 1. The summed E-state index contributed by atoms with van der Waals surface area (Å²) in [4.78, 5) is 16.5. The molecule has 0 aliphatic heterocycles. The zero-order chi connectivity index (χ0) is 16.4. The molecule has 3 aromatic rings. The number of aromatic nitrogens is 5. The number of rotatable bonds is 5. The monoisotopic (exact) mass is 330 g/mol. The standard InChI is InChI=1S/C15H18N6OS/c1-20-6-4-5-13(20)11-7-12(19-18-11)14(22)16-8-10-9-17-15(23-3)21(10)2/h4-7,9H,8H2,1-3H3,(H,16,22)(H,18,19). The summed E-state index contributed by atoms with van der Waals surface area (Å²) in [5.41, 5.74) is 3.09. The van der Waals surface area contributed by atoms with Gasteiger partial charge >= 0.3 is 0 Å². The molecule has 2 N–H and O–H groups in total. The number of nitrogens with zero attached hydrogens (tertiary/aromatic N) is 4. The summed E-state index contributed by atoms with van der Waals surface area (Å²) in [5.74, 6) is -0.190. The van der Waals surface area contributed by atoms with E-state index in [-0.39, 0.29) is 5.91 Å². The zero-order valence-corrected chi connectivity index (χ0v) is 14.0. The van der Waals surface area contributed by atoms with Crippen molar-refractivity contribution in [2.45, 2.75) is 11.7 Å². The van der Waals surface area contributed by atoms with Crippen LogP contribution in [0.1, 0.15) is 16.2 Å². The summed E-state index contributed by atoms with van der Waals surface area (Å²) < 4.78 is 3.92. The summed E-state index contributed by atoms with van der Waals surface area (Å²) in [6, 6.07) is 5.65. The number of nitrogens with one attached hydrogen (secondary N) is 2. The van der Waals surface area contributed by atoms with Crippen molar-refractivity contribution in [1.29, 1.82) is 0 Å². The smallest absolute Gasteiger partial charge is 0.269 e. The molecule has 0 saturated carbocycles. The minimum absolute atomic E-state index is 0.190. The normalized spacial score (nSPS) is 10.9. The van der Waals surface area contributed by atoms with Crippen LogP contribution in [0.2, 0.25) is 0 Å². The van der Waals surface area contributed by atoms with Crippen LogP contribution < -0.4 is 5.32 Å². The molecule has 0 aliphatic carbocycles. The van der Waals surface area contributed by atoms with Crippen molar-refractivity contribution in [3.63, 3.8) is 0 Å². The molecule has 0 spiro atoms. The Kier molecular flexibility index (Phi) is 4.24. The Labute approximate surface area is 138 Å². The van der Waals surface area contributed by atoms with Crippen LogP contribution in [0.15, 0.2) is 35.7 Å². The van der Waals surface area contributed by atoms with Gasteiger partial charge in [-0.15, -0.1) is 0 Å². The van der Waals surface area contributed by atoms with Gasteiger partial charge in [0.2, 0.25) is 0 Å². The number of hydrogen-bond acceptors (Lipinski definition) is 4. The number of hydrogen-bond donors (Lipinski definition) is 2. The maximum atomic E-state index is 12.2. The van der Waals surface area contributed by atoms with Gasteiger partial charge in [0, 0.05) is 20.3 Å². The Balaban J connectivity index is 1.68. The lowest BCUT2D eigenvalue weighted by atomic mass is 10.2. The molecule has 3 aromatic heterocycles. The molecule has 0 bridgehead atoms. The molecule has 0 atom stereocenters. The van der Waals surface area contributed by atoms with E-state index in [1.54, 1.807) is 24.0 Å². The fraction of sp³-hybridized carbons (Fsp3) is 0.267. The number of thioether (sulfide) groups is 1. The molecule has 0 unspecified atom stereocenters. The molecule has 0 aromatic carbocycles. The highest BCUT2D eigenvalue weighted by atomic mass is 32.2. The second-order valence-electron chi connectivity index (χ2n) is 5.15. The van der Waals surface area contributed by atoms with Gasteiger partial charge in [-0.3, -0.25) is 9.89 Å². The van der Waals surface area contributed by atoms with E-state index in [4.69, 9.17) is 0 Å². The van der Waals surface area contributed by atoms with E-state index in [1.807, 2.05) is 47.8 Å². The maximum Gasteiger partial charge on any atom is 0.269 e. The lowest BCUT2D eigenvalue weighted by Crippen LogP contribution is -2.24. The van der Waals surface area contributed by atoms with Crippen LogP contribution in [0, 0.1) is 0 Å². The fourth-order valence-corrected chi connectivity index (χ4v) is 2.89. The second-order valence-corrected chi connectivity index (χ2v) is 5.92. The minimum atomic E-state index is -0.190. The lowest BCUT2D eigenvalue weighted by Gasteiger charge is -2.05. The van der Waals surface area contributed by atoms with Crippen molar-refractivity contribution in [3.8, 4) is 11.4 Å². The number of carbonyl (C=O) groups excluding carboxylic acids is 1. The van der Waals surface area contributed by atoms with Crippen LogP contribution in [-0.4, -0.2) is 36.5 Å². The average molecular weight is 330 g/mol. The highest BCUT2D eigenvalue weighted by Gasteiger charge is 2.13. The SMILES string of the molecule is CSc1ncc(CNC(=O)c2cc(-c3cccn3C)n[nH]2)n1C. The molecule has 3 heterocycles. The van der Waals surface area contributed by atoms with Crippen molar-refractivity contribution in [3.05, 3.63) is 42.0 Å². The fourth-order valence-electron chi connectivity index (χ4n) is 2.34. The molecule has 1 amide bonds. The quantitative estimate of drug-likeness (QED) is 0.699. The largest absolute Gasteiger partial charge is 0.349 e. The topological polar surface area (TPSA) is 80.5 Å². The van der Waals surface area contributed by atoms with Crippen molar-refractivity contribution in [2.24, 2.45) is 14.1 Å². The van der Waals surface area contributed by atoms with Gasteiger partial charge in [0.15, 0.2) is 5.16 Å².